The van der Waals surface area contributed by atoms with E-state index < -0.39 is 21.5 Å². The molecular formula is C21H24N4O5S. The Morgan fingerprint density at radius 1 is 1.10 bits per heavy atom. The second-order valence-electron chi connectivity index (χ2n) is 7.53. The minimum Gasteiger partial charge on any atom is -0.497 e. The Bertz CT molecular complexity index is 1200. The third-order valence-corrected chi connectivity index (χ3v) is 6.00. The summed E-state index contributed by atoms with van der Waals surface area (Å²) in [5, 5.41) is 6.69. The number of hydrogen-bond acceptors (Lipinski definition) is 7. The maximum atomic E-state index is 12.9. The number of carbonyl (C=O) groups is 1. The van der Waals surface area contributed by atoms with Crippen molar-refractivity contribution in [2.24, 2.45) is 0 Å². The van der Waals surface area contributed by atoms with Crippen LogP contribution < -0.4 is 14.8 Å². The Morgan fingerprint density at radius 2 is 1.77 bits per heavy atom. The summed E-state index contributed by atoms with van der Waals surface area (Å²) < 4.78 is 38.3. The third kappa shape index (κ3) is 5.02. The molecule has 0 fully saturated rings. The zero-order valence-corrected chi connectivity index (χ0v) is 18.7. The molecule has 9 nitrogen and oxygen atoms in total. The highest BCUT2D eigenvalue weighted by atomic mass is 32.2. The van der Waals surface area contributed by atoms with Crippen LogP contribution in [0.2, 0.25) is 0 Å². The Kier molecular flexibility index (Phi) is 6.03. The van der Waals surface area contributed by atoms with Crippen LogP contribution in [0.1, 0.15) is 41.5 Å². The molecule has 0 aliphatic rings. The lowest BCUT2D eigenvalue weighted by Gasteiger charge is -2.23. The number of sulfonamides is 1. The number of anilines is 1. The van der Waals surface area contributed by atoms with E-state index in [1.807, 2.05) is 0 Å². The van der Waals surface area contributed by atoms with Crippen molar-refractivity contribution in [3.63, 3.8) is 0 Å². The highest BCUT2D eigenvalue weighted by Gasteiger charge is 2.29. The van der Waals surface area contributed by atoms with Gasteiger partial charge in [-0.05, 0) is 62.7 Å². The molecule has 1 heterocycles. The lowest BCUT2D eigenvalue weighted by atomic mass is 10.0. The van der Waals surface area contributed by atoms with Crippen molar-refractivity contribution < 1.29 is 22.5 Å². The molecule has 1 aromatic heterocycles. The van der Waals surface area contributed by atoms with Gasteiger partial charge in [-0.15, -0.1) is 0 Å². The Balaban J connectivity index is 1.85. The van der Waals surface area contributed by atoms with E-state index in [0.717, 1.165) is 0 Å². The van der Waals surface area contributed by atoms with Gasteiger partial charge in [0.15, 0.2) is 5.82 Å². The van der Waals surface area contributed by atoms with E-state index in [1.165, 1.54) is 19.2 Å². The number of ether oxygens (including phenoxy) is 1. The largest absolute Gasteiger partial charge is 0.497 e. The maximum Gasteiger partial charge on any atom is 0.261 e. The normalized spacial score (nSPS) is 11.8. The van der Waals surface area contributed by atoms with E-state index >= 15 is 0 Å². The van der Waals surface area contributed by atoms with Crippen molar-refractivity contribution in [2.45, 2.75) is 38.1 Å². The molecule has 0 unspecified atom stereocenters. The van der Waals surface area contributed by atoms with Gasteiger partial charge in [-0.2, -0.15) is 4.98 Å². The molecule has 2 aromatic carbocycles. The van der Waals surface area contributed by atoms with Crippen LogP contribution in [0.25, 0.3) is 0 Å². The highest BCUT2D eigenvalue weighted by molar-refractivity contribution is 7.92. The van der Waals surface area contributed by atoms with Crippen LogP contribution in [0.15, 0.2) is 51.9 Å². The summed E-state index contributed by atoms with van der Waals surface area (Å²) in [7, 11) is -2.38. The van der Waals surface area contributed by atoms with Gasteiger partial charge in [-0.1, -0.05) is 11.2 Å². The second-order valence-corrected chi connectivity index (χ2v) is 9.21. The predicted octanol–water partition coefficient (Wildman–Crippen LogP) is 3.16. The number of rotatable bonds is 7. The highest BCUT2D eigenvalue weighted by Crippen LogP contribution is 2.23. The fourth-order valence-corrected chi connectivity index (χ4v) is 3.93. The van der Waals surface area contributed by atoms with Crippen molar-refractivity contribution in [3.05, 3.63) is 65.3 Å². The summed E-state index contributed by atoms with van der Waals surface area (Å²) in [5.41, 5.74) is 0.310. The quantitative estimate of drug-likeness (QED) is 0.574. The third-order valence-electron chi connectivity index (χ3n) is 4.62. The fourth-order valence-electron chi connectivity index (χ4n) is 2.85. The topological polar surface area (TPSA) is 123 Å². The molecule has 0 bridgehead atoms. The summed E-state index contributed by atoms with van der Waals surface area (Å²) in [4.78, 5) is 17.1. The molecule has 0 aliphatic heterocycles. The van der Waals surface area contributed by atoms with Crippen molar-refractivity contribution in [3.8, 4) is 5.75 Å². The van der Waals surface area contributed by atoms with Gasteiger partial charge < -0.3 is 14.6 Å². The first-order valence-corrected chi connectivity index (χ1v) is 10.9. The summed E-state index contributed by atoms with van der Waals surface area (Å²) in [6, 6.07) is 10.9. The first kappa shape index (κ1) is 22.3. The van der Waals surface area contributed by atoms with Gasteiger partial charge in [0, 0.05) is 18.2 Å². The molecule has 0 aliphatic carbocycles. The van der Waals surface area contributed by atoms with Crippen LogP contribution in [-0.4, -0.2) is 31.6 Å². The van der Waals surface area contributed by atoms with Gasteiger partial charge in [-0.3, -0.25) is 9.52 Å². The number of methoxy groups -OCH3 is 1. The fraction of sp³-hybridized carbons (Fsp3) is 0.286. The average Bonchev–Trinajstić information content (AvgIpc) is 3.15. The molecule has 2 N–H and O–H groups in total. The molecule has 3 rings (SSSR count). The first-order valence-electron chi connectivity index (χ1n) is 9.42. The molecule has 3 aromatic rings. The van der Waals surface area contributed by atoms with Crippen LogP contribution in [-0.2, 0) is 15.6 Å². The minimum atomic E-state index is -3.91. The van der Waals surface area contributed by atoms with Gasteiger partial charge in [0.05, 0.1) is 17.5 Å². The Labute approximate surface area is 180 Å². The first-order chi connectivity index (χ1) is 14.5. The zero-order chi connectivity index (χ0) is 22.8. The number of aromatic nitrogens is 2. The van der Waals surface area contributed by atoms with E-state index in [-0.39, 0.29) is 10.5 Å². The Hall–Kier alpha value is -3.40. The van der Waals surface area contributed by atoms with E-state index in [9.17, 15) is 13.2 Å². The molecule has 0 radical (unpaired) electrons. The van der Waals surface area contributed by atoms with Crippen LogP contribution in [0.3, 0.4) is 0 Å². The van der Waals surface area contributed by atoms with Gasteiger partial charge in [0.2, 0.25) is 5.89 Å². The maximum absolute atomic E-state index is 12.9. The standard InChI is InChI=1S/C21H24N4O5S/c1-13-6-11-17(31(27,28)25-15-7-9-16(29-5)10-8-15)12-18(13)19(26)23-21(3,4)20-22-14(2)30-24-20/h6-12,25H,1-5H3,(H,23,26). The SMILES string of the molecule is COc1ccc(NS(=O)(=O)c2ccc(C)c(C(=O)NC(C)(C)c3noc(C)n3)c2)cc1. The molecular weight excluding hydrogens is 420 g/mol. The van der Waals surface area contributed by atoms with Crippen molar-refractivity contribution in [1.29, 1.82) is 0 Å². The van der Waals surface area contributed by atoms with Crippen molar-refractivity contribution >= 4 is 21.6 Å². The molecule has 164 valence electrons. The zero-order valence-electron chi connectivity index (χ0n) is 17.9. The molecule has 0 atom stereocenters. The Morgan fingerprint density at radius 3 is 2.35 bits per heavy atom. The van der Waals surface area contributed by atoms with Gasteiger partial charge >= 0.3 is 0 Å². The molecule has 10 heteroatoms. The number of nitrogens with zero attached hydrogens (tertiary/aromatic N) is 2. The van der Waals surface area contributed by atoms with Crippen LogP contribution in [0.4, 0.5) is 5.69 Å². The summed E-state index contributed by atoms with van der Waals surface area (Å²) >= 11 is 0. The van der Waals surface area contributed by atoms with Gasteiger partial charge in [0.1, 0.15) is 5.75 Å². The summed E-state index contributed by atoms with van der Waals surface area (Å²) in [5.74, 6) is 0.857. The predicted molar refractivity (Wildman–Crippen MR) is 115 cm³/mol. The number of nitrogens with one attached hydrogen (secondary N) is 2. The lowest BCUT2D eigenvalue weighted by Crippen LogP contribution is -2.42. The molecule has 0 spiro atoms. The average molecular weight is 445 g/mol. The van der Waals surface area contributed by atoms with E-state index in [2.05, 4.69) is 20.2 Å². The van der Waals surface area contributed by atoms with E-state index in [0.29, 0.717) is 28.7 Å². The number of hydrogen-bond donors (Lipinski definition) is 2. The molecule has 0 saturated heterocycles. The second kappa shape index (κ2) is 8.38. The van der Waals surface area contributed by atoms with Gasteiger partial charge in [0.25, 0.3) is 15.9 Å². The smallest absolute Gasteiger partial charge is 0.261 e. The number of aryl methyl sites for hydroxylation is 2. The van der Waals surface area contributed by atoms with Crippen molar-refractivity contribution in [1.82, 2.24) is 15.5 Å². The molecule has 0 saturated carbocycles. The van der Waals surface area contributed by atoms with E-state index in [1.54, 1.807) is 58.0 Å². The molecule has 31 heavy (non-hydrogen) atoms. The number of benzene rings is 2. The summed E-state index contributed by atoms with van der Waals surface area (Å²) in [6.07, 6.45) is 0. The monoisotopic (exact) mass is 444 g/mol. The van der Waals surface area contributed by atoms with Gasteiger partial charge in [-0.25, -0.2) is 8.42 Å². The van der Waals surface area contributed by atoms with Crippen molar-refractivity contribution in [2.75, 3.05) is 11.8 Å². The van der Waals surface area contributed by atoms with E-state index in [4.69, 9.17) is 9.26 Å². The lowest BCUT2D eigenvalue weighted by molar-refractivity contribution is 0.0906. The summed E-state index contributed by atoms with van der Waals surface area (Å²) in [6.45, 7) is 6.85. The molecule has 1 amide bonds. The number of carbonyl (C=O) groups excluding carboxylic acids is 1. The van der Waals surface area contributed by atoms with Crippen LogP contribution in [0, 0.1) is 13.8 Å². The minimum absolute atomic E-state index is 0.0349. The van der Waals surface area contributed by atoms with Crippen LogP contribution >= 0.6 is 0 Å². The van der Waals surface area contributed by atoms with Crippen LogP contribution in [0.5, 0.6) is 5.75 Å². The number of amides is 1.